The normalized spacial score (nSPS) is 26.4. The lowest BCUT2D eigenvalue weighted by Crippen LogP contribution is -2.53. The molecule has 1 fully saturated rings. The molecule has 14 heavy (non-hydrogen) atoms. The molecule has 7 heteroatoms. The number of nitrogens with one attached hydrogen (secondary N) is 2. The fourth-order valence-corrected chi connectivity index (χ4v) is 2.44. The fraction of sp³-hybridized carbons (Fsp3) is 1.00. The van der Waals surface area contributed by atoms with Crippen LogP contribution in [-0.4, -0.2) is 27.0 Å². The number of halogens is 1. The van der Waals surface area contributed by atoms with Crippen molar-refractivity contribution in [2.75, 3.05) is 6.54 Å². The molecule has 0 radical (unpaired) electrons. The van der Waals surface area contributed by atoms with E-state index in [2.05, 4.69) is 9.44 Å². The SMILES string of the molecule is CCCNS(=O)(=O)NC1CC(N)C1.Cl. The van der Waals surface area contributed by atoms with Gasteiger partial charge in [-0.2, -0.15) is 13.1 Å². The number of nitrogens with two attached hydrogens (primary N) is 1. The smallest absolute Gasteiger partial charge is 0.277 e. The zero-order valence-electron chi connectivity index (χ0n) is 8.19. The van der Waals surface area contributed by atoms with E-state index in [1.807, 2.05) is 6.92 Å². The molecule has 0 amide bonds. The summed E-state index contributed by atoms with van der Waals surface area (Å²) < 4.78 is 27.5. The molecular formula is C7H18ClN3O2S. The van der Waals surface area contributed by atoms with Gasteiger partial charge in [-0.3, -0.25) is 0 Å². The molecular weight excluding hydrogens is 226 g/mol. The molecule has 86 valence electrons. The van der Waals surface area contributed by atoms with Crippen molar-refractivity contribution in [3.05, 3.63) is 0 Å². The van der Waals surface area contributed by atoms with E-state index in [9.17, 15) is 8.42 Å². The molecule has 0 aliphatic heterocycles. The van der Waals surface area contributed by atoms with E-state index in [0.29, 0.717) is 6.54 Å². The average Bonchev–Trinajstić information content (AvgIpc) is 1.98. The van der Waals surface area contributed by atoms with Crippen LogP contribution in [0.3, 0.4) is 0 Å². The first-order chi connectivity index (χ1) is 6.03. The largest absolute Gasteiger partial charge is 0.328 e. The Bertz CT molecular complexity index is 252. The molecule has 0 bridgehead atoms. The van der Waals surface area contributed by atoms with Gasteiger partial charge in [0.05, 0.1) is 0 Å². The molecule has 4 N–H and O–H groups in total. The van der Waals surface area contributed by atoms with Crippen LogP contribution in [0.4, 0.5) is 0 Å². The predicted molar refractivity (Wildman–Crippen MR) is 58.6 cm³/mol. The number of hydrogen-bond donors (Lipinski definition) is 3. The highest BCUT2D eigenvalue weighted by atomic mass is 35.5. The third-order valence-corrected chi connectivity index (χ3v) is 3.27. The first-order valence-electron chi connectivity index (χ1n) is 4.56. The van der Waals surface area contributed by atoms with Crippen LogP contribution in [0.15, 0.2) is 0 Å². The molecule has 0 aromatic heterocycles. The maximum atomic E-state index is 11.2. The zero-order chi connectivity index (χ0) is 9.90. The second-order valence-corrected chi connectivity index (χ2v) is 4.98. The van der Waals surface area contributed by atoms with Crippen LogP contribution in [0.25, 0.3) is 0 Å². The van der Waals surface area contributed by atoms with Gasteiger partial charge in [-0.25, -0.2) is 4.72 Å². The molecule has 1 aliphatic carbocycles. The molecule has 1 rings (SSSR count). The van der Waals surface area contributed by atoms with Crippen molar-refractivity contribution in [2.45, 2.75) is 38.3 Å². The Labute approximate surface area is 91.4 Å². The molecule has 0 atom stereocenters. The lowest BCUT2D eigenvalue weighted by molar-refractivity contribution is 0.326. The average molecular weight is 244 g/mol. The Morgan fingerprint density at radius 3 is 2.43 bits per heavy atom. The monoisotopic (exact) mass is 243 g/mol. The highest BCUT2D eigenvalue weighted by Crippen LogP contribution is 2.17. The number of hydrogen-bond acceptors (Lipinski definition) is 3. The van der Waals surface area contributed by atoms with Crippen molar-refractivity contribution in [3.8, 4) is 0 Å². The number of rotatable bonds is 5. The van der Waals surface area contributed by atoms with Crippen molar-refractivity contribution >= 4 is 22.6 Å². The minimum Gasteiger partial charge on any atom is -0.328 e. The maximum Gasteiger partial charge on any atom is 0.277 e. The van der Waals surface area contributed by atoms with E-state index in [1.54, 1.807) is 0 Å². The second-order valence-electron chi connectivity index (χ2n) is 3.44. The Morgan fingerprint density at radius 1 is 1.43 bits per heavy atom. The van der Waals surface area contributed by atoms with E-state index in [0.717, 1.165) is 19.3 Å². The standard InChI is InChI=1S/C7H17N3O2S.ClH/c1-2-3-9-13(11,12)10-7-4-6(8)5-7;/h6-7,9-10H,2-5,8H2,1H3;1H. The summed E-state index contributed by atoms with van der Waals surface area (Å²) in [6.07, 6.45) is 2.28. The van der Waals surface area contributed by atoms with Gasteiger partial charge in [-0.05, 0) is 19.3 Å². The van der Waals surface area contributed by atoms with E-state index in [4.69, 9.17) is 5.73 Å². The summed E-state index contributed by atoms with van der Waals surface area (Å²) in [7, 11) is -3.28. The summed E-state index contributed by atoms with van der Waals surface area (Å²) in [6.45, 7) is 2.40. The van der Waals surface area contributed by atoms with Crippen molar-refractivity contribution < 1.29 is 8.42 Å². The van der Waals surface area contributed by atoms with Crippen LogP contribution in [0.5, 0.6) is 0 Å². The van der Waals surface area contributed by atoms with Crippen molar-refractivity contribution in [1.82, 2.24) is 9.44 Å². The zero-order valence-corrected chi connectivity index (χ0v) is 9.83. The minimum absolute atomic E-state index is 0. The van der Waals surface area contributed by atoms with Crippen molar-refractivity contribution in [1.29, 1.82) is 0 Å². The fourth-order valence-electron chi connectivity index (χ4n) is 1.26. The molecule has 0 heterocycles. The Kier molecular flexibility index (Phi) is 5.92. The van der Waals surface area contributed by atoms with Crippen molar-refractivity contribution in [3.63, 3.8) is 0 Å². The Morgan fingerprint density at radius 2 is 2.00 bits per heavy atom. The molecule has 0 saturated heterocycles. The van der Waals surface area contributed by atoms with Gasteiger partial charge in [-0.15, -0.1) is 12.4 Å². The summed E-state index contributed by atoms with van der Waals surface area (Å²) in [5.74, 6) is 0. The Balaban J connectivity index is 0.00000169. The summed E-state index contributed by atoms with van der Waals surface area (Å²) in [6, 6.07) is 0.197. The molecule has 1 saturated carbocycles. The summed E-state index contributed by atoms with van der Waals surface area (Å²) in [5, 5.41) is 0. The first-order valence-corrected chi connectivity index (χ1v) is 6.04. The van der Waals surface area contributed by atoms with Gasteiger partial charge in [0.2, 0.25) is 0 Å². The third kappa shape index (κ3) is 4.56. The van der Waals surface area contributed by atoms with Crippen LogP contribution in [0.1, 0.15) is 26.2 Å². The van der Waals surface area contributed by atoms with Gasteiger partial charge >= 0.3 is 0 Å². The summed E-state index contributed by atoms with van der Waals surface area (Å²) in [5.41, 5.74) is 5.53. The maximum absolute atomic E-state index is 11.2. The van der Waals surface area contributed by atoms with E-state index >= 15 is 0 Å². The van der Waals surface area contributed by atoms with Crippen LogP contribution in [0.2, 0.25) is 0 Å². The van der Waals surface area contributed by atoms with Gasteiger partial charge in [0, 0.05) is 18.6 Å². The topological polar surface area (TPSA) is 84.2 Å². The van der Waals surface area contributed by atoms with E-state index < -0.39 is 10.2 Å². The summed E-state index contributed by atoms with van der Waals surface area (Å²) in [4.78, 5) is 0. The first kappa shape index (κ1) is 14.1. The van der Waals surface area contributed by atoms with Crippen LogP contribution in [0, 0.1) is 0 Å². The van der Waals surface area contributed by atoms with E-state index in [1.165, 1.54) is 0 Å². The molecule has 0 aromatic carbocycles. The van der Waals surface area contributed by atoms with Crippen LogP contribution >= 0.6 is 12.4 Å². The minimum atomic E-state index is -3.28. The molecule has 0 unspecified atom stereocenters. The lowest BCUT2D eigenvalue weighted by atomic mass is 9.89. The highest BCUT2D eigenvalue weighted by molar-refractivity contribution is 7.87. The lowest BCUT2D eigenvalue weighted by Gasteiger charge is -2.32. The van der Waals surface area contributed by atoms with E-state index in [-0.39, 0.29) is 24.5 Å². The van der Waals surface area contributed by atoms with Gasteiger partial charge in [0.15, 0.2) is 0 Å². The van der Waals surface area contributed by atoms with Gasteiger partial charge in [0.25, 0.3) is 10.2 Å². The molecule has 5 nitrogen and oxygen atoms in total. The van der Waals surface area contributed by atoms with Crippen LogP contribution < -0.4 is 15.2 Å². The Hall–Kier alpha value is 0.120. The summed E-state index contributed by atoms with van der Waals surface area (Å²) >= 11 is 0. The predicted octanol–water partition coefficient (Wildman–Crippen LogP) is -0.268. The third-order valence-electron chi connectivity index (χ3n) is 2.04. The van der Waals surface area contributed by atoms with Gasteiger partial charge in [-0.1, -0.05) is 6.92 Å². The van der Waals surface area contributed by atoms with Crippen LogP contribution in [-0.2, 0) is 10.2 Å². The molecule has 0 spiro atoms. The second kappa shape index (κ2) is 5.87. The quantitative estimate of drug-likeness (QED) is 0.622. The van der Waals surface area contributed by atoms with Crippen molar-refractivity contribution in [2.24, 2.45) is 5.73 Å². The molecule has 1 aliphatic rings. The molecule has 0 aromatic rings. The van der Waals surface area contributed by atoms with Gasteiger partial charge in [0.1, 0.15) is 0 Å². The van der Waals surface area contributed by atoms with Gasteiger partial charge < -0.3 is 5.73 Å². The highest BCUT2D eigenvalue weighted by Gasteiger charge is 2.29.